The van der Waals surface area contributed by atoms with Gasteiger partial charge in [-0.3, -0.25) is 0 Å². The maximum Gasteiger partial charge on any atom is 0.124 e. The minimum atomic E-state index is 0.307. The molecule has 1 N–H and O–H groups in total. The molecule has 0 aromatic heterocycles. The van der Waals surface area contributed by atoms with Crippen LogP contribution in [-0.2, 0) is 0 Å². The van der Waals surface area contributed by atoms with E-state index in [1.165, 1.54) is 11.1 Å². The maximum atomic E-state index is 10.9. The van der Waals surface area contributed by atoms with Crippen molar-refractivity contribution in [3.8, 4) is 39.1 Å². The molecule has 0 amide bonds. The van der Waals surface area contributed by atoms with Gasteiger partial charge in [-0.15, -0.1) is 0 Å². The number of benzene rings is 5. The number of aromatic hydroxyl groups is 1. The van der Waals surface area contributed by atoms with Gasteiger partial charge in [0.2, 0.25) is 0 Å². The Kier molecular flexibility index (Phi) is 5.01. The Bertz CT molecular complexity index is 1340. The Labute approximate surface area is 189 Å². The topological polar surface area (TPSA) is 20.2 Å². The van der Waals surface area contributed by atoms with Crippen molar-refractivity contribution in [2.75, 3.05) is 0 Å². The number of rotatable bonds is 3. The molecule has 0 aliphatic heterocycles. The average molecular weight is 498 g/mol. The molecule has 0 saturated carbocycles. The van der Waals surface area contributed by atoms with Gasteiger partial charge in [0.15, 0.2) is 0 Å². The third-order valence-corrected chi connectivity index (χ3v) is 6.36. The third kappa shape index (κ3) is 3.59. The molecule has 0 saturated heterocycles. The van der Waals surface area contributed by atoms with Crippen molar-refractivity contribution in [1.29, 1.82) is 0 Å². The smallest absolute Gasteiger partial charge is 0.124 e. The lowest BCUT2D eigenvalue weighted by Crippen LogP contribution is -1.87. The second-order valence-corrected chi connectivity index (χ2v) is 8.52. The van der Waals surface area contributed by atoms with Crippen LogP contribution in [0.15, 0.2) is 109 Å². The number of fused-ring (bicyclic) bond motifs is 1. The van der Waals surface area contributed by atoms with Gasteiger partial charge in [0.25, 0.3) is 0 Å². The van der Waals surface area contributed by atoms with E-state index in [0.717, 1.165) is 36.6 Å². The highest BCUT2D eigenvalue weighted by atomic mass is 127. The maximum absolute atomic E-state index is 10.9. The van der Waals surface area contributed by atoms with E-state index in [4.69, 9.17) is 0 Å². The average Bonchev–Trinajstić information content (AvgIpc) is 2.80. The molecule has 0 fully saturated rings. The largest absolute Gasteiger partial charge is 0.507 e. The summed E-state index contributed by atoms with van der Waals surface area (Å²) >= 11 is 2.37. The van der Waals surface area contributed by atoms with Crippen LogP contribution >= 0.6 is 22.6 Å². The fraction of sp³-hybridized carbons (Fsp3) is 0. The lowest BCUT2D eigenvalue weighted by molar-refractivity contribution is 0.482. The zero-order valence-corrected chi connectivity index (χ0v) is 18.4. The lowest BCUT2D eigenvalue weighted by atomic mass is 9.95. The van der Waals surface area contributed by atoms with Crippen LogP contribution in [0.4, 0.5) is 0 Å². The summed E-state index contributed by atoms with van der Waals surface area (Å²) in [5.74, 6) is 0.307. The van der Waals surface area contributed by atoms with E-state index in [1.54, 1.807) is 0 Å². The second kappa shape index (κ2) is 7.96. The van der Waals surface area contributed by atoms with Crippen molar-refractivity contribution in [2.45, 2.75) is 0 Å². The molecule has 144 valence electrons. The van der Waals surface area contributed by atoms with Crippen molar-refractivity contribution in [3.63, 3.8) is 0 Å². The van der Waals surface area contributed by atoms with Gasteiger partial charge in [-0.05, 0) is 91.7 Å². The van der Waals surface area contributed by atoms with E-state index >= 15 is 0 Å². The molecule has 5 aromatic rings. The van der Waals surface area contributed by atoms with E-state index in [2.05, 4.69) is 101 Å². The van der Waals surface area contributed by atoms with E-state index in [1.807, 2.05) is 30.3 Å². The summed E-state index contributed by atoms with van der Waals surface area (Å²) in [6.07, 6.45) is 0. The number of phenols is 1. The minimum Gasteiger partial charge on any atom is -0.507 e. The van der Waals surface area contributed by atoms with Gasteiger partial charge < -0.3 is 5.11 Å². The molecule has 5 aromatic carbocycles. The highest BCUT2D eigenvalue weighted by Gasteiger charge is 2.11. The Morgan fingerprint density at radius 3 is 1.77 bits per heavy atom. The van der Waals surface area contributed by atoms with Crippen molar-refractivity contribution >= 4 is 33.4 Å². The summed E-state index contributed by atoms with van der Waals surface area (Å²) in [5.41, 5.74) is 6.76. The number of phenolic OH excluding ortho intramolecular Hbond substituents is 1. The normalized spacial score (nSPS) is 11.0. The highest BCUT2D eigenvalue weighted by molar-refractivity contribution is 14.1. The van der Waals surface area contributed by atoms with Crippen LogP contribution in [-0.4, -0.2) is 5.11 Å². The van der Waals surface area contributed by atoms with Gasteiger partial charge >= 0.3 is 0 Å². The minimum absolute atomic E-state index is 0.307. The van der Waals surface area contributed by atoms with Gasteiger partial charge in [0, 0.05) is 8.96 Å². The predicted octanol–water partition coefficient (Wildman–Crippen LogP) is 8.15. The molecule has 0 heterocycles. The number of halogens is 1. The van der Waals surface area contributed by atoms with Crippen LogP contribution in [0.1, 0.15) is 0 Å². The quantitative estimate of drug-likeness (QED) is 0.249. The summed E-state index contributed by atoms with van der Waals surface area (Å²) in [5, 5.41) is 12.8. The fourth-order valence-electron chi connectivity index (χ4n) is 3.86. The SMILES string of the molecule is Oc1cc(-c2cc(-c3ccccc3)ccc2I)cc2ccc(-c3ccccc3)cc12. The van der Waals surface area contributed by atoms with Crippen molar-refractivity contribution in [1.82, 2.24) is 0 Å². The molecule has 30 heavy (non-hydrogen) atoms. The fourth-order valence-corrected chi connectivity index (χ4v) is 4.51. The number of hydrogen-bond acceptors (Lipinski definition) is 1. The molecule has 2 heteroatoms. The van der Waals surface area contributed by atoms with Crippen molar-refractivity contribution in [2.24, 2.45) is 0 Å². The van der Waals surface area contributed by atoms with Crippen LogP contribution in [0.25, 0.3) is 44.2 Å². The summed E-state index contributed by atoms with van der Waals surface area (Å²) in [6.45, 7) is 0. The summed E-state index contributed by atoms with van der Waals surface area (Å²) in [4.78, 5) is 0. The molecule has 1 nitrogen and oxygen atoms in total. The van der Waals surface area contributed by atoms with Gasteiger partial charge in [-0.1, -0.05) is 78.9 Å². The van der Waals surface area contributed by atoms with Gasteiger partial charge in [0.05, 0.1) is 0 Å². The Morgan fingerprint density at radius 2 is 1.10 bits per heavy atom. The first-order valence-electron chi connectivity index (χ1n) is 9.86. The molecule has 0 bridgehead atoms. The first-order chi connectivity index (χ1) is 14.7. The van der Waals surface area contributed by atoms with Crippen LogP contribution < -0.4 is 0 Å². The Hall–Kier alpha value is -3.11. The summed E-state index contributed by atoms with van der Waals surface area (Å²) < 4.78 is 1.16. The molecule has 0 aliphatic rings. The summed E-state index contributed by atoms with van der Waals surface area (Å²) in [6, 6.07) is 37.4. The van der Waals surface area contributed by atoms with Crippen LogP contribution in [0.3, 0.4) is 0 Å². The summed E-state index contributed by atoms with van der Waals surface area (Å²) in [7, 11) is 0. The molecule has 0 spiro atoms. The molecule has 0 aliphatic carbocycles. The van der Waals surface area contributed by atoms with E-state index in [0.29, 0.717) is 5.75 Å². The van der Waals surface area contributed by atoms with Crippen molar-refractivity contribution in [3.05, 3.63) is 113 Å². The van der Waals surface area contributed by atoms with Crippen LogP contribution in [0, 0.1) is 3.57 Å². The van der Waals surface area contributed by atoms with Crippen molar-refractivity contribution < 1.29 is 5.11 Å². The molecule has 5 rings (SSSR count). The number of hydrogen-bond donors (Lipinski definition) is 1. The lowest BCUT2D eigenvalue weighted by Gasteiger charge is -2.12. The van der Waals surface area contributed by atoms with Crippen LogP contribution in [0.2, 0.25) is 0 Å². The molecule has 0 atom stereocenters. The standard InChI is InChI=1S/C28H19IO/c29-27-14-13-22(20-9-5-2-6-10-20)16-25(27)24-15-23-12-11-21(17-26(23)28(30)18-24)19-7-3-1-4-8-19/h1-18,30H. The zero-order chi connectivity index (χ0) is 20.5. The predicted molar refractivity (Wildman–Crippen MR) is 135 cm³/mol. The van der Waals surface area contributed by atoms with Gasteiger partial charge in [0.1, 0.15) is 5.75 Å². The molecular weight excluding hydrogens is 479 g/mol. The molecular formula is C28H19IO. The first-order valence-corrected chi connectivity index (χ1v) is 10.9. The third-order valence-electron chi connectivity index (χ3n) is 5.42. The van der Waals surface area contributed by atoms with Gasteiger partial charge in [-0.25, -0.2) is 0 Å². The molecule has 0 radical (unpaired) electrons. The first kappa shape index (κ1) is 18.9. The molecule has 0 unspecified atom stereocenters. The Morgan fingerprint density at radius 1 is 0.500 bits per heavy atom. The van der Waals surface area contributed by atoms with Crippen LogP contribution in [0.5, 0.6) is 5.75 Å². The van der Waals surface area contributed by atoms with E-state index < -0.39 is 0 Å². The highest BCUT2D eigenvalue weighted by Crippen LogP contribution is 2.37. The van der Waals surface area contributed by atoms with E-state index in [9.17, 15) is 5.11 Å². The van der Waals surface area contributed by atoms with Gasteiger partial charge in [-0.2, -0.15) is 0 Å². The monoisotopic (exact) mass is 498 g/mol. The Balaban J connectivity index is 1.62. The van der Waals surface area contributed by atoms with E-state index in [-0.39, 0.29) is 0 Å². The zero-order valence-electron chi connectivity index (χ0n) is 16.2. The second-order valence-electron chi connectivity index (χ2n) is 7.36.